The Morgan fingerprint density at radius 1 is 1.12 bits per heavy atom. The average molecular weight is 271 g/mol. The maximum atomic E-state index is 5.92. The molecule has 0 bridgehead atoms. The Labute approximate surface area is 110 Å². The van der Waals surface area contributed by atoms with Crippen molar-refractivity contribution < 1.29 is 4.74 Å². The van der Waals surface area contributed by atoms with E-state index in [1.54, 1.807) is 22.9 Å². The summed E-state index contributed by atoms with van der Waals surface area (Å²) in [5, 5.41) is 5.37. The molecule has 0 fully saturated rings. The van der Waals surface area contributed by atoms with E-state index in [0.717, 1.165) is 17.1 Å². The molecule has 2 aromatic rings. The summed E-state index contributed by atoms with van der Waals surface area (Å²) < 4.78 is 7.54. The van der Waals surface area contributed by atoms with Gasteiger partial charge in [-0.2, -0.15) is 5.10 Å². The van der Waals surface area contributed by atoms with Crippen molar-refractivity contribution in [3.63, 3.8) is 0 Å². The normalized spacial score (nSPS) is 10.6. The predicted molar refractivity (Wildman–Crippen MR) is 69.2 cm³/mol. The highest BCUT2D eigenvalue weighted by Crippen LogP contribution is 2.31. The summed E-state index contributed by atoms with van der Waals surface area (Å²) in [6, 6.07) is 5.11. The van der Waals surface area contributed by atoms with Crippen LogP contribution in [-0.4, -0.2) is 9.78 Å². The van der Waals surface area contributed by atoms with Crippen LogP contribution in [0.3, 0.4) is 0 Å². The minimum absolute atomic E-state index is 0.548. The Bertz CT molecular complexity index is 544. The molecule has 0 saturated heterocycles. The van der Waals surface area contributed by atoms with Gasteiger partial charge in [0.05, 0.1) is 5.69 Å². The molecule has 0 aliphatic rings. The van der Waals surface area contributed by atoms with E-state index in [2.05, 4.69) is 5.10 Å². The zero-order chi connectivity index (χ0) is 12.6. The highest BCUT2D eigenvalue weighted by atomic mass is 35.5. The van der Waals surface area contributed by atoms with Crippen molar-refractivity contribution in [2.75, 3.05) is 0 Å². The van der Waals surface area contributed by atoms with Crippen LogP contribution in [0, 0.1) is 13.8 Å². The molecular formula is C12H12Cl2N2O. The van der Waals surface area contributed by atoms with Crippen LogP contribution in [-0.2, 0) is 7.05 Å². The van der Waals surface area contributed by atoms with Crippen molar-refractivity contribution in [1.29, 1.82) is 0 Å². The van der Waals surface area contributed by atoms with Crippen molar-refractivity contribution in [2.24, 2.45) is 7.05 Å². The van der Waals surface area contributed by atoms with Gasteiger partial charge in [0.2, 0.25) is 0 Å². The third-order valence-corrected chi connectivity index (χ3v) is 2.94. The third kappa shape index (κ3) is 2.56. The molecule has 0 radical (unpaired) electrons. The van der Waals surface area contributed by atoms with Gasteiger partial charge in [0, 0.05) is 17.1 Å². The van der Waals surface area contributed by atoms with E-state index < -0.39 is 0 Å². The molecule has 2 rings (SSSR count). The molecule has 3 nitrogen and oxygen atoms in total. The number of aryl methyl sites for hydroxylation is 2. The van der Waals surface area contributed by atoms with Crippen LogP contribution in [0.1, 0.15) is 11.4 Å². The minimum Gasteiger partial charge on any atom is -0.453 e. The van der Waals surface area contributed by atoms with Crippen molar-refractivity contribution in [1.82, 2.24) is 9.78 Å². The smallest absolute Gasteiger partial charge is 0.171 e. The summed E-state index contributed by atoms with van der Waals surface area (Å²) in [6.45, 7) is 3.84. The summed E-state index contributed by atoms with van der Waals surface area (Å²) in [6.07, 6.45) is 0. The SMILES string of the molecule is Cc1nn(C)c(C)c1Oc1cc(Cl)cc(Cl)c1. The summed E-state index contributed by atoms with van der Waals surface area (Å²) >= 11 is 11.8. The topological polar surface area (TPSA) is 27.1 Å². The van der Waals surface area contributed by atoms with Gasteiger partial charge in [0.1, 0.15) is 11.4 Å². The van der Waals surface area contributed by atoms with Crippen molar-refractivity contribution in [3.05, 3.63) is 39.6 Å². The first-order valence-corrected chi connectivity index (χ1v) is 5.87. The molecule has 0 unspecified atom stereocenters. The average Bonchev–Trinajstić information content (AvgIpc) is 2.44. The quantitative estimate of drug-likeness (QED) is 0.820. The van der Waals surface area contributed by atoms with Gasteiger partial charge >= 0.3 is 0 Å². The fourth-order valence-electron chi connectivity index (χ4n) is 1.61. The van der Waals surface area contributed by atoms with E-state index in [1.165, 1.54) is 0 Å². The van der Waals surface area contributed by atoms with Crippen LogP contribution < -0.4 is 4.74 Å². The van der Waals surface area contributed by atoms with E-state index in [4.69, 9.17) is 27.9 Å². The lowest BCUT2D eigenvalue weighted by atomic mass is 10.3. The Morgan fingerprint density at radius 3 is 2.18 bits per heavy atom. The van der Waals surface area contributed by atoms with Crippen LogP contribution in [0.4, 0.5) is 0 Å². The second kappa shape index (κ2) is 4.59. The molecule has 0 atom stereocenters. The molecular weight excluding hydrogens is 259 g/mol. The van der Waals surface area contributed by atoms with Crippen molar-refractivity contribution in [3.8, 4) is 11.5 Å². The maximum absolute atomic E-state index is 5.92. The van der Waals surface area contributed by atoms with Gasteiger partial charge in [-0.05, 0) is 32.0 Å². The summed E-state index contributed by atoms with van der Waals surface area (Å²) in [7, 11) is 1.88. The van der Waals surface area contributed by atoms with Crippen LogP contribution in [0.15, 0.2) is 18.2 Å². The maximum Gasteiger partial charge on any atom is 0.171 e. The molecule has 0 saturated carbocycles. The van der Waals surface area contributed by atoms with Crippen LogP contribution >= 0.6 is 23.2 Å². The Morgan fingerprint density at radius 2 is 1.71 bits per heavy atom. The lowest BCUT2D eigenvalue weighted by Crippen LogP contribution is -1.93. The molecule has 0 aliphatic carbocycles. The first-order valence-electron chi connectivity index (χ1n) is 5.11. The summed E-state index contributed by atoms with van der Waals surface area (Å²) in [5.41, 5.74) is 1.79. The lowest BCUT2D eigenvalue weighted by Gasteiger charge is -2.07. The van der Waals surface area contributed by atoms with E-state index in [1.807, 2.05) is 20.9 Å². The zero-order valence-corrected chi connectivity index (χ0v) is 11.3. The van der Waals surface area contributed by atoms with Crippen molar-refractivity contribution in [2.45, 2.75) is 13.8 Å². The standard InChI is InChI=1S/C12H12Cl2N2O/c1-7-12(8(2)16(3)15-7)17-11-5-9(13)4-10(14)6-11/h4-6H,1-3H3. The molecule has 1 aromatic carbocycles. The van der Waals surface area contributed by atoms with Crippen LogP contribution in [0.5, 0.6) is 11.5 Å². The molecule has 90 valence electrons. The van der Waals surface area contributed by atoms with E-state index >= 15 is 0 Å². The monoisotopic (exact) mass is 270 g/mol. The van der Waals surface area contributed by atoms with E-state index in [9.17, 15) is 0 Å². The Hall–Kier alpha value is -1.19. The third-order valence-electron chi connectivity index (χ3n) is 2.50. The van der Waals surface area contributed by atoms with Crippen LogP contribution in [0.2, 0.25) is 10.0 Å². The molecule has 1 aromatic heterocycles. The van der Waals surface area contributed by atoms with Gasteiger partial charge in [-0.1, -0.05) is 23.2 Å². The second-order valence-electron chi connectivity index (χ2n) is 3.83. The predicted octanol–water partition coefficient (Wildman–Crippen LogP) is 4.14. The largest absolute Gasteiger partial charge is 0.453 e. The molecule has 17 heavy (non-hydrogen) atoms. The van der Waals surface area contributed by atoms with Gasteiger partial charge in [0.15, 0.2) is 5.75 Å². The van der Waals surface area contributed by atoms with Crippen LogP contribution in [0.25, 0.3) is 0 Å². The zero-order valence-electron chi connectivity index (χ0n) is 9.79. The first-order chi connectivity index (χ1) is 7.97. The highest BCUT2D eigenvalue weighted by molar-refractivity contribution is 6.34. The molecule has 1 heterocycles. The Balaban J connectivity index is 2.37. The second-order valence-corrected chi connectivity index (χ2v) is 4.70. The number of ether oxygens (including phenoxy) is 1. The molecule has 0 spiro atoms. The van der Waals surface area contributed by atoms with Gasteiger partial charge in [-0.15, -0.1) is 0 Å². The first kappa shape index (κ1) is 12.3. The van der Waals surface area contributed by atoms with Gasteiger partial charge in [-0.25, -0.2) is 0 Å². The molecule has 5 heteroatoms. The fraction of sp³-hybridized carbons (Fsp3) is 0.250. The number of rotatable bonds is 2. The van der Waals surface area contributed by atoms with Gasteiger partial charge < -0.3 is 4.74 Å². The Kier molecular flexibility index (Phi) is 3.31. The van der Waals surface area contributed by atoms with E-state index in [0.29, 0.717) is 15.8 Å². The van der Waals surface area contributed by atoms with Gasteiger partial charge in [-0.3, -0.25) is 4.68 Å². The van der Waals surface area contributed by atoms with Crippen molar-refractivity contribution >= 4 is 23.2 Å². The number of hydrogen-bond acceptors (Lipinski definition) is 2. The lowest BCUT2D eigenvalue weighted by molar-refractivity contribution is 0.474. The number of aromatic nitrogens is 2. The molecule has 0 amide bonds. The molecule has 0 N–H and O–H groups in total. The van der Waals surface area contributed by atoms with E-state index in [-0.39, 0.29) is 0 Å². The molecule has 0 aliphatic heterocycles. The van der Waals surface area contributed by atoms with Gasteiger partial charge in [0.25, 0.3) is 0 Å². The fourth-order valence-corrected chi connectivity index (χ4v) is 2.11. The summed E-state index contributed by atoms with van der Waals surface area (Å²) in [5.74, 6) is 1.35. The number of halogens is 2. The number of benzene rings is 1. The number of hydrogen-bond donors (Lipinski definition) is 0. The number of nitrogens with zero attached hydrogens (tertiary/aromatic N) is 2. The summed E-state index contributed by atoms with van der Waals surface area (Å²) in [4.78, 5) is 0. The minimum atomic E-state index is 0.548. The highest BCUT2D eigenvalue weighted by Gasteiger charge is 2.12.